The highest BCUT2D eigenvalue weighted by Gasteiger charge is 2.18. The van der Waals surface area contributed by atoms with E-state index in [0.29, 0.717) is 11.3 Å². The van der Waals surface area contributed by atoms with Gasteiger partial charge in [-0.2, -0.15) is 0 Å². The summed E-state index contributed by atoms with van der Waals surface area (Å²) in [4.78, 5) is 0.328. The lowest BCUT2D eigenvalue weighted by atomic mass is 10.1. The highest BCUT2D eigenvalue weighted by atomic mass is 32.2. The molecule has 0 aliphatic heterocycles. The van der Waals surface area contributed by atoms with E-state index in [0.717, 1.165) is 5.56 Å². The molecule has 0 bridgehead atoms. The van der Waals surface area contributed by atoms with E-state index in [9.17, 15) is 8.42 Å². The van der Waals surface area contributed by atoms with Crippen LogP contribution in [0.2, 0.25) is 0 Å². The number of hydrogen-bond donors (Lipinski definition) is 2. The molecule has 1 unspecified atom stereocenters. The van der Waals surface area contributed by atoms with Gasteiger partial charge in [0.25, 0.3) is 0 Å². The van der Waals surface area contributed by atoms with Gasteiger partial charge in [0.1, 0.15) is 0 Å². The normalized spacial score (nSPS) is 13.9. The third-order valence-corrected chi connectivity index (χ3v) is 4.78. The number of aliphatic hydroxyl groups is 1. The van der Waals surface area contributed by atoms with Crippen LogP contribution in [0.5, 0.6) is 0 Å². The Balaban J connectivity index is 2.89. The summed E-state index contributed by atoms with van der Waals surface area (Å²) in [6.07, 6.45) is 0.540. The maximum absolute atomic E-state index is 11.9. The smallest absolute Gasteiger partial charge is 0.180 e. The van der Waals surface area contributed by atoms with Gasteiger partial charge in [-0.15, -0.1) is 0 Å². The van der Waals surface area contributed by atoms with Gasteiger partial charge in [0.05, 0.1) is 16.8 Å². The molecule has 1 atom stereocenters. The first-order chi connectivity index (χ1) is 7.87. The average molecular weight is 257 g/mol. The van der Waals surface area contributed by atoms with Crippen LogP contribution in [0.1, 0.15) is 19.4 Å². The van der Waals surface area contributed by atoms with Crippen LogP contribution in [0.25, 0.3) is 0 Å². The highest BCUT2D eigenvalue weighted by Crippen LogP contribution is 2.16. The van der Waals surface area contributed by atoms with Crippen LogP contribution in [0.15, 0.2) is 29.2 Å². The topological polar surface area (TPSA) is 80.4 Å². The highest BCUT2D eigenvalue weighted by molar-refractivity contribution is 7.92. The minimum absolute atomic E-state index is 0.0773. The molecule has 1 rings (SSSR count). The molecule has 0 amide bonds. The molecule has 0 heterocycles. The van der Waals surface area contributed by atoms with Gasteiger partial charge in [0.2, 0.25) is 0 Å². The second-order valence-electron chi connectivity index (χ2n) is 4.38. The SMILES string of the molecule is CC(C)S(=O)(=O)c1ccc(CC(N)CO)cc1. The van der Waals surface area contributed by atoms with Gasteiger partial charge in [-0.1, -0.05) is 12.1 Å². The molecule has 0 aliphatic rings. The number of benzene rings is 1. The third kappa shape index (κ3) is 3.52. The van der Waals surface area contributed by atoms with Crippen molar-refractivity contribution in [2.75, 3.05) is 6.61 Å². The number of aliphatic hydroxyl groups excluding tert-OH is 1. The van der Waals surface area contributed by atoms with Crippen LogP contribution in [-0.2, 0) is 16.3 Å². The van der Waals surface area contributed by atoms with Gasteiger partial charge in [-0.25, -0.2) is 8.42 Å². The Kier molecular flexibility index (Phi) is 4.68. The van der Waals surface area contributed by atoms with E-state index in [1.807, 2.05) is 0 Å². The van der Waals surface area contributed by atoms with Gasteiger partial charge >= 0.3 is 0 Å². The first kappa shape index (κ1) is 14.2. The minimum atomic E-state index is -3.21. The van der Waals surface area contributed by atoms with E-state index >= 15 is 0 Å². The molecule has 0 aromatic heterocycles. The maximum atomic E-state index is 11.9. The molecule has 4 nitrogen and oxygen atoms in total. The summed E-state index contributed by atoms with van der Waals surface area (Å²) in [6.45, 7) is 3.24. The second-order valence-corrected chi connectivity index (χ2v) is 6.89. The van der Waals surface area contributed by atoms with Crippen molar-refractivity contribution in [2.24, 2.45) is 5.73 Å². The minimum Gasteiger partial charge on any atom is -0.395 e. The first-order valence-corrected chi connectivity index (χ1v) is 7.12. The first-order valence-electron chi connectivity index (χ1n) is 5.57. The lowest BCUT2D eigenvalue weighted by Gasteiger charge is -2.10. The zero-order valence-corrected chi connectivity index (χ0v) is 10.9. The van der Waals surface area contributed by atoms with Gasteiger partial charge in [0.15, 0.2) is 9.84 Å². The maximum Gasteiger partial charge on any atom is 0.180 e. The quantitative estimate of drug-likeness (QED) is 0.815. The van der Waals surface area contributed by atoms with Crippen LogP contribution in [0, 0.1) is 0 Å². The van der Waals surface area contributed by atoms with Crippen molar-refractivity contribution in [3.63, 3.8) is 0 Å². The summed E-state index contributed by atoms with van der Waals surface area (Å²) in [6, 6.07) is 6.36. The lowest BCUT2D eigenvalue weighted by Crippen LogP contribution is -2.26. The van der Waals surface area contributed by atoms with Gasteiger partial charge in [-0.05, 0) is 38.0 Å². The molecule has 1 aromatic carbocycles. The van der Waals surface area contributed by atoms with E-state index in [4.69, 9.17) is 10.8 Å². The molecule has 0 saturated heterocycles. The Morgan fingerprint density at radius 2 is 1.76 bits per heavy atom. The summed E-state index contributed by atoms with van der Waals surface area (Å²) < 4.78 is 23.7. The second kappa shape index (κ2) is 5.62. The Morgan fingerprint density at radius 3 is 2.18 bits per heavy atom. The van der Waals surface area contributed by atoms with E-state index in [-0.39, 0.29) is 12.6 Å². The Hall–Kier alpha value is -0.910. The molecule has 0 spiro atoms. The zero-order valence-electron chi connectivity index (χ0n) is 10.1. The molecule has 0 aliphatic carbocycles. The Labute approximate surface area is 102 Å². The van der Waals surface area contributed by atoms with Gasteiger partial charge in [-0.3, -0.25) is 0 Å². The van der Waals surface area contributed by atoms with Crippen LogP contribution in [-0.4, -0.2) is 31.4 Å². The van der Waals surface area contributed by atoms with Crippen molar-refractivity contribution in [2.45, 2.75) is 36.5 Å². The van der Waals surface area contributed by atoms with Crippen molar-refractivity contribution < 1.29 is 13.5 Å². The van der Waals surface area contributed by atoms with E-state index in [1.54, 1.807) is 38.1 Å². The monoisotopic (exact) mass is 257 g/mol. The standard InChI is InChI=1S/C12H19NO3S/c1-9(2)17(15,16)12-5-3-10(4-6-12)7-11(13)8-14/h3-6,9,11,14H,7-8,13H2,1-2H3. The van der Waals surface area contributed by atoms with Crippen LogP contribution in [0.3, 0.4) is 0 Å². The van der Waals surface area contributed by atoms with E-state index < -0.39 is 15.1 Å². The fraction of sp³-hybridized carbons (Fsp3) is 0.500. The zero-order chi connectivity index (χ0) is 13.1. The number of sulfone groups is 1. The van der Waals surface area contributed by atoms with Crippen LogP contribution >= 0.6 is 0 Å². The Bertz CT molecular complexity index is 451. The molecular weight excluding hydrogens is 238 g/mol. The predicted octanol–water partition coefficient (Wildman–Crippen LogP) is 0.731. The summed E-state index contributed by atoms with van der Waals surface area (Å²) >= 11 is 0. The van der Waals surface area contributed by atoms with Gasteiger partial charge < -0.3 is 10.8 Å². The third-order valence-electron chi connectivity index (χ3n) is 2.60. The molecule has 1 aromatic rings. The molecular formula is C12H19NO3S. The summed E-state index contributed by atoms with van der Waals surface area (Å²) in [5.41, 5.74) is 6.53. The molecule has 0 fully saturated rings. The summed E-state index contributed by atoms with van der Waals surface area (Å²) in [5.74, 6) is 0. The molecule has 0 radical (unpaired) electrons. The van der Waals surface area contributed by atoms with Crippen LogP contribution < -0.4 is 5.73 Å². The summed E-state index contributed by atoms with van der Waals surface area (Å²) in [7, 11) is -3.21. The van der Waals surface area contributed by atoms with E-state index in [1.165, 1.54) is 0 Å². The molecule has 17 heavy (non-hydrogen) atoms. The van der Waals surface area contributed by atoms with Crippen molar-refractivity contribution in [3.05, 3.63) is 29.8 Å². The van der Waals surface area contributed by atoms with Crippen molar-refractivity contribution in [1.29, 1.82) is 0 Å². The molecule has 5 heteroatoms. The van der Waals surface area contributed by atoms with Crippen molar-refractivity contribution >= 4 is 9.84 Å². The molecule has 0 saturated carbocycles. The van der Waals surface area contributed by atoms with E-state index in [2.05, 4.69) is 0 Å². The largest absolute Gasteiger partial charge is 0.395 e. The fourth-order valence-electron chi connectivity index (χ4n) is 1.45. The predicted molar refractivity (Wildman–Crippen MR) is 67.5 cm³/mol. The number of hydrogen-bond acceptors (Lipinski definition) is 4. The number of nitrogens with two attached hydrogens (primary N) is 1. The van der Waals surface area contributed by atoms with Crippen molar-refractivity contribution in [3.8, 4) is 0 Å². The average Bonchev–Trinajstić information content (AvgIpc) is 2.29. The lowest BCUT2D eigenvalue weighted by molar-refractivity contribution is 0.265. The fourth-order valence-corrected chi connectivity index (χ4v) is 2.51. The molecule has 3 N–H and O–H groups in total. The molecule has 96 valence electrons. The number of rotatable bonds is 5. The summed E-state index contributed by atoms with van der Waals surface area (Å²) in [5, 5.41) is 8.41. The van der Waals surface area contributed by atoms with Crippen LogP contribution in [0.4, 0.5) is 0 Å². The Morgan fingerprint density at radius 1 is 1.24 bits per heavy atom. The van der Waals surface area contributed by atoms with Crippen molar-refractivity contribution in [1.82, 2.24) is 0 Å². The van der Waals surface area contributed by atoms with Gasteiger partial charge in [0, 0.05) is 6.04 Å².